The lowest BCUT2D eigenvalue weighted by molar-refractivity contribution is -0.122. The predicted octanol–water partition coefficient (Wildman–Crippen LogP) is 6.28. The second-order valence-electron chi connectivity index (χ2n) is 5.63. The molecule has 0 aliphatic carbocycles. The first kappa shape index (κ1) is 23.8. The third-order valence-corrected chi connectivity index (χ3v) is 6.46. The lowest BCUT2D eigenvalue weighted by Gasteiger charge is -2.16. The van der Waals surface area contributed by atoms with Crippen molar-refractivity contribution in [2.45, 2.75) is 12.8 Å². The average Bonchev–Trinajstić information content (AvgIpc) is 2.65. The van der Waals surface area contributed by atoms with Gasteiger partial charge in [0.1, 0.15) is 24.7 Å². The Kier molecular flexibility index (Phi) is 10.3. The number of ketones is 2. The van der Waals surface area contributed by atoms with E-state index in [1.165, 1.54) is 0 Å². The SMILES string of the molecule is II.O=C1COc2cc(I)c(Br)cc2C1.O=C1COc2ccc(Br)cc2C1. The fourth-order valence-corrected chi connectivity index (χ4v) is 3.75. The van der Waals surface area contributed by atoms with Gasteiger partial charge in [-0.1, -0.05) is 15.9 Å². The maximum absolute atomic E-state index is 11.1. The van der Waals surface area contributed by atoms with Crippen molar-refractivity contribution in [3.63, 3.8) is 0 Å². The smallest absolute Gasteiger partial charge is 0.174 e. The van der Waals surface area contributed by atoms with Crippen LogP contribution in [-0.4, -0.2) is 24.8 Å². The van der Waals surface area contributed by atoms with Crippen molar-refractivity contribution in [3.05, 3.63) is 54.0 Å². The molecular weight excluding hydrogens is 821 g/mol. The summed E-state index contributed by atoms with van der Waals surface area (Å²) < 4.78 is 13.6. The first-order valence-corrected chi connectivity index (χ1v) is 16.6. The first-order valence-electron chi connectivity index (χ1n) is 7.62. The van der Waals surface area contributed by atoms with Gasteiger partial charge >= 0.3 is 0 Å². The van der Waals surface area contributed by atoms with Gasteiger partial charge in [-0.05, 0) is 68.9 Å². The summed E-state index contributed by atoms with van der Waals surface area (Å²) in [5.41, 5.74) is 1.95. The zero-order valence-electron chi connectivity index (χ0n) is 13.7. The predicted molar refractivity (Wildman–Crippen MR) is 137 cm³/mol. The van der Waals surface area contributed by atoms with Crippen molar-refractivity contribution in [1.82, 2.24) is 0 Å². The van der Waals surface area contributed by atoms with E-state index < -0.39 is 0 Å². The van der Waals surface area contributed by atoms with E-state index in [1.807, 2.05) is 30.3 Å². The summed E-state index contributed by atoms with van der Waals surface area (Å²) in [5, 5.41) is 0. The number of halogens is 5. The molecule has 2 aliphatic heterocycles. The van der Waals surface area contributed by atoms with Crippen LogP contribution in [-0.2, 0) is 22.4 Å². The molecule has 2 aromatic carbocycles. The van der Waals surface area contributed by atoms with Crippen LogP contribution in [0, 0.1) is 3.57 Å². The summed E-state index contributed by atoms with van der Waals surface area (Å²) in [4.78, 5) is 22.1. The Morgan fingerprint density at radius 1 is 0.815 bits per heavy atom. The number of benzene rings is 2. The van der Waals surface area contributed by atoms with E-state index in [1.54, 1.807) is 0 Å². The molecule has 0 aromatic heterocycles. The molecule has 4 nitrogen and oxygen atoms in total. The molecule has 0 radical (unpaired) electrons. The van der Waals surface area contributed by atoms with E-state index >= 15 is 0 Å². The van der Waals surface area contributed by atoms with Crippen molar-refractivity contribution in [3.8, 4) is 11.5 Å². The Morgan fingerprint density at radius 2 is 1.37 bits per heavy atom. The van der Waals surface area contributed by atoms with E-state index in [-0.39, 0.29) is 24.8 Å². The van der Waals surface area contributed by atoms with Crippen LogP contribution in [0.25, 0.3) is 0 Å². The zero-order valence-corrected chi connectivity index (χ0v) is 23.4. The van der Waals surface area contributed by atoms with Gasteiger partial charge in [0, 0.05) is 73.7 Å². The van der Waals surface area contributed by atoms with Gasteiger partial charge in [0.2, 0.25) is 0 Å². The summed E-state index contributed by atoms with van der Waals surface area (Å²) in [6.07, 6.45) is 0.986. The molecule has 27 heavy (non-hydrogen) atoms. The monoisotopic (exact) mass is 832 g/mol. The molecule has 0 amide bonds. The summed E-state index contributed by atoms with van der Waals surface area (Å²) in [6.45, 7) is 0.430. The maximum atomic E-state index is 11.1. The van der Waals surface area contributed by atoms with E-state index in [9.17, 15) is 9.59 Å². The van der Waals surface area contributed by atoms with E-state index in [4.69, 9.17) is 9.47 Å². The Bertz CT molecular complexity index is 859. The normalized spacial score (nSPS) is 14.3. The number of ether oxygens (including phenoxy) is 2. The molecule has 0 N–H and O–H groups in total. The first-order chi connectivity index (χ1) is 12.9. The van der Waals surface area contributed by atoms with Crippen molar-refractivity contribution in [2.24, 2.45) is 0 Å². The van der Waals surface area contributed by atoms with E-state index in [2.05, 4.69) is 91.7 Å². The van der Waals surface area contributed by atoms with Gasteiger partial charge in [-0.3, -0.25) is 9.59 Å². The van der Waals surface area contributed by atoms with Gasteiger partial charge in [-0.2, -0.15) is 0 Å². The Balaban J connectivity index is 0.000000178. The number of hydrogen-bond acceptors (Lipinski definition) is 4. The summed E-state index contributed by atoms with van der Waals surface area (Å²) >= 11 is 13.2. The van der Waals surface area contributed by atoms with Gasteiger partial charge in [0.05, 0.1) is 0 Å². The Hall–Kier alpha value is 0.530. The van der Waals surface area contributed by atoms with E-state index in [0.29, 0.717) is 12.8 Å². The van der Waals surface area contributed by atoms with Crippen molar-refractivity contribution >= 4 is 103 Å². The number of carbonyl (C=O) groups is 2. The van der Waals surface area contributed by atoms with Crippen LogP contribution < -0.4 is 9.47 Å². The maximum Gasteiger partial charge on any atom is 0.174 e. The molecule has 0 saturated carbocycles. The van der Waals surface area contributed by atoms with Gasteiger partial charge in [0.25, 0.3) is 0 Å². The number of Topliss-reactive ketones (excluding diaryl/α,β-unsaturated/α-hetero) is 2. The second kappa shape index (κ2) is 11.6. The molecule has 0 atom stereocenters. The van der Waals surface area contributed by atoms with E-state index in [0.717, 1.165) is 35.1 Å². The summed E-state index contributed by atoms with van der Waals surface area (Å²) in [6, 6.07) is 9.62. The molecule has 144 valence electrons. The fourth-order valence-electron chi connectivity index (χ4n) is 2.51. The molecule has 2 aliphatic rings. The highest BCUT2D eigenvalue weighted by Gasteiger charge is 2.18. The quantitative estimate of drug-likeness (QED) is 0.294. The molecular formula is C18H13Br2I3O4. The fraction of sp³-hybridized carbons (Fsp3) is 0.222. The van der Waals surface area contributed by atoms with Crippen LogP contribution >= 0.6 is 91.7 Å². The lowest BCUT2D eigenvalue weighted by atomic mass is 10.1. The Labute approximate surface area is 211 Å². The largest absolute Gasteiger partial charge is 0.486 e. The summed E-state index contributed by atoms with van der Waals surface area (Å²) in [7, 11) is 0. The molecule has 0 unspecified atom stereocenters. The zero-order chi connectivity index (χ0) is 20.0. The molecule has 9 heteroatoms. The highest BCUT2D eigenvalue weighted by atomic mass is 128. The van der Waals surface area contributed by atoms with Crippen molar-refractivity contribution in [2.75, 3.05) is 13.2 Å². The highest BCUT2D eigenvalue weighted by Crippen LogP contribution is 2.31. The van der Waals surface area contributed by atoms with Crippen molar-refractivity contribution < 1.29 is 19.1 Å². The number of fused-ring (bicyclic) bond motifs is 2. The third-order valence-electron chi connectivity index (χ3n) is 3.68. The second-order valence-corrected chi connectivity index (χ2v) is 8.57. The number of rotatable bonds is 0. The van der Waals surface area contributed by atoms with Crippen LogP contribution in [0.3, 0.4) is 0 Å². The van der Waals surface area contributed by atoms with Gasteiger partial charge < -0.3 is 9.47 Å². The van der Waals surface area contributed by atoms with Crippen LogP contribution in [0.5, 0.6) is 11.5 Å². The third kappa shape index (κ3) is 7.07. The minimum atomic E-state index is 0.139. The molecule has 0 saturated heterocycles. The van der Waals surface area contributed by atoms with Crippen LogP contribution in [0.2, 0.25) is 0 Å². The van der Waals surface area contributed by atoms with Crippen LogP contribution in [0.4, 0.5) is 0 Å². The standard InChI is InChI=1S/C9H6BrIO2.C9H7BrO2.I2/c10-7-2-5-1-6(12)4-13-9(5)3-8(7)11;10-7-1-2-9-6(3-7)4-8(11)5-12-9;1-2/h2-3H,1,4H2;1-3H,4-5H2;. The minimum absolute atomic E-state index is 0.139. The van der Waals surface area contributed by atoms with Crippen LogP contribution in [0.15, 0.2) is 39.3 Å². The van der Waals surface area contributed by atoms with Gasteiger partial charge in [-0.15, -0.1) is 0 Å². The van der Waals surface area contributed by atoms with Crippen molar-refractivity contribution in [1.29, 1.82) is 0 Å². The lowest BCUT2D eigenvalue weighted by Crippen LogP contribution is -2.20. The average molecular weight is 834 g/mol. The number of carbonyl (C=O) groups excluding carboxylic acids is 2. The van der Waals surface area contributed by atoms with Gasteiger partial charge in [-0.25, -0.2) is 0 Å². The molecule has 0 spiro atoms. The topological polar surface area (TPSA) is 52.6 Å². The Morgan fingerprint density at radius 3 is 2.00 bits per heavy atom. The minimum Gasteiger partial charge on any atom is -0.486 e. The molecule has 0 bridgehead atoms. The highest BCUT2D eigenvalue weighted by molar-refractivity contribution is 15.0. The number of hydrogen-bond donors (Lipinski definition) is 0. The molecule has 2 aromatic rings. The molecule has 0 fully saturated rings. The molecule has 2 heterocycles. The summed E-state index contributed by atoms with van der Waals surface area (Å²) in [5.74, 6) is 1.95. The van der Waals surface area contributed by atoms with Crippen LogP contribution in [0.1, 0.15) is 11.1 Å². The molecule has 4 rings (SSSR count). The van der Waals surface area contributed by atoms with Gasteiger partial charge in [0.15, 0.2) is 11.6 Å².